The van der Waals surface area contributed by atoms with E-state index in [0.29, 0.717) is 0 Å². The number of furan rings is 1. The highest BCUT2D eigenvalue weighted by molar-refractivity contribution is 5.61. The van der Waals surface area contributed by atoms with Gasteiger partial charge < -0.3 is 9.73 Å². The van der Waals surface area contributed by atoms with Crippen LogP contribution < -0.4 is 5.32 Å². The van der Waals surface area contributed by atoms with Crippen molar-refractivity contribution < 1.29 is 4.42 Å². The molecule has 0 radical (unpaired) electrons. The third kappa shape index (κ3) is 3.23. The molecular formula is C17H19N3O. The van der Waals surface area contributed by atoms with Crippen molar-refractivity contribution in [3.05, 3.63) is 66.4 Å². The largest absolute Gasteiger partial charge is 0.468 e. The van der Waals surface area contributed by atoms with E-state index < -0.39 is 0 Å². The Kier molecular flexibility index (Phi) is 4.17. The van der Waals surface area contributed by atoms with E-state index >= 15 is 0 Å². The summed E-state index contributed by atoms with van der Waals surface area (Å²) in [6.07, 6.45) is 5.71. The molecule has 4 nitrogen and oxygen atoms in total. The molecule has 2 heterocycles. The van der Waals surface area contributed by atoms with Crippen LogP contribution in [0.15, 0.2) is 59.5 Å². The monoisotopic (exact) mass is 281 g/mol. The van der Waals surface area contributed by atoms with Gasteiger partial charge in [-0.05, 0) is 18.2 Å². The lowest BCUT2D eigenvalue weighted by Gasteiger charge is -2.03. The molecule has 0 fully saturated rings. The quantitative estimate of drug-likeness (QED) is 0.754. The second kappa shape index (κ2) is 6.41. The summed E-state index contributed by atoms with van der Waals surface area (Å²) in [5.74, 6) is 0.980. The fraction of sp³-hybridized carbons (Fsp3) is 0.235. The fourth-order valence-corrected chi connectivity index (χ4v) is 2.31. The molecule has 21 heavy (non-hydrogen) atoms. The lowest BCUT2D eigenvalue weighted by molar-refractivity contribution is 0.479. The van der Waals surface area contributed by atoms with Gasteiger partial charge in [-0.15, -0.1) is 0 Å². The minimum Gasteiger partial charge on any atom is -0.468 e. The van der Waals surface area contributed by atoms with Crippen LogP contribution in [0.1, 0.15) is 18.2 Å². The van der Waals surface area contributed by atoms with E-state index in [9.17, 15) is 0 Å². The van der Waals surface area contributed by atoms with E-state index in [4.69, 9.17) is 4.42 Å². The molecule has 0 aliphatic carbocycles. The minimum absolute atomic E-state index is 0.726. The van der Waals surface area contributed by atoms with Crippen molar-refractivity contribution in [3.8, 4) is 11.1 Å². The van der Waals surface area contributed by atoms with Crippen molar-refractivity contribution in [2.75, 3.05) is 6.54 Å². The van der Waals surface area contributed by atoms with E-state index in [1.807, 2.05) is 35.1 Å². The summed E-state index contributed by atoms with van der Waals surface area (Å²) in [6, 6.07) is 12.3. The number of hydrogen-bond donors (Lipinski definition) is 1. The number of aromatic nitrogens is 2. The SMILES string of the molecule is CCNCc1occc1Cn1cc(-c2ccccc2)cn1. The molecule has 0 bridgehead atoms. The highest BCUT2D eigenvalue weighted by Crippen LogP contribution is 2.19. The van der Waals surface area contributed by atoms with Gasteiger partial charge >= 0.3 is 0 Å². The molecule has 3 aromatic rings. The first kappa shape index (κ1) is 13.6. The highest BCUT2D eigenvalue weighted by atomic mass is 16.3. The van der Waals surface area contributed by atoms with Gasteiger partial charge in [-0.1, -0.05) is 37.3 Å². The summed E-state index contributed by atoms with van der Waals surface area (Å²) < 4.78 is 7.47. The standard InChI is InChI=1S/C17H19N3O/c1-2-18-11-17-15(8-9-21-17)12-20-13-16(10-19-20)14-6-4-3-5-7-14/h3-10,13,18H,2,11-12H2,1H3. The molecule has 0 unspecified atom stereocenters. The van der Waals surface area contributed by atoms with Gasteiger partial charge in [-0.3, -0.25) is 4.68 Å². The summed E-state index contributed by atoms with van der Waals surface area (Å²) in [5.41, 5.74) is 3.48. The van der Waals surface area contributed by atoms with E-state index in [1.165, 1.54) is 11.1 Å². The Morgan fingerprint density at radius 2 is 2.00 bits per heavy atom. The van der Waals surface area contributed by atoms with Crippen LogP contribution >= 0.6 is 0 Å². The minimum atomic E-state index is 0.726. The maximum atomic E-state index is 5.53. The first-order chi connectivity index (χ1) is 10.4. The molecule has 0 aliphatic rings. The van der Waals surface area contributed by atoms with Gasteiger partial charge in [-0.2, -0.15) is 5.10 Å². The molecule has 0 atom stereocenters. The molecule has 0 aliphatic heterocycles. The Bertz CT molecular complexity index is 685. The molecule has 0 saturated heterocycles. The summed E-state index contributed by atoms with van der Waals surface area (Å²) in [7, 11) is 0. The van der Waals surface area contributed by atoms with Gasteiger partial charge in [0.15, 0.2) is 0 Å². The Hall–Kier alpha value is -2.33. The second-order valence-electron chi connectivity index (χ2n) is 4.94. The van der Waals surface area contributed by atoms with Crippen LogP contribution in [0.5, 0.6) is 0 Å². The summed E-state index contributed by atoms with van der Waals surface area (Å²) in [6.45, 7) is 4.50. The van der Waals surface area contributed by atoms with Gasteiger partial charge in [0.2, 0.25) is 0 Å². The zero-order valence-corrected chi connectivity index (χ0v) is 12.1. The van der Waals surface area contributed by atoms with Crippen molar-refractivity contribution in [2.24, 2.45) is 0 Å². The number of nitrogens with zero attached hydrogens (tertiary/aromatic N) is 2. The van der Waals surface area contributed by atoms with Gasteiger partial charge in [0.1, 0.15) is 5.76 Å². The Morgan fingerprint density at radius 3 is 2.81 bits per heavy atom. The molecule has 1 N–H and O–H groups in total. The smallest absolute Gasteiger partial charge is 0.122 e. The first-order valence-corrected chi connectivity index (χ1v) is 7.20. The highest BCUT2D eigenvalue weighted by Gasteiger charge is 2.08. The van der Waals surface area contributed by atoms with Crippen molar-refractivity contribution in [1.29, 1.82) is 0 Å². The molecule has 0 saturated carbocycles. The molecule has 108 valence electrons. The van der Waals surface area contributed by atoms with E-state index in [0.717, 1.165) is 31.0 Å². The topological polar surface area (TPSA) is 43.0 Å². The van der Waals surface area contributed by atoms with E-state index in [1.54, 1.807) is 6.26 Å². The number of benzene rings is 1. The molecule has 2 aromatic heterocycles. The second-order valence-corrected chi connectivity index (χ2v) is 4.94. The van der Waals surface area contributed by atoms with Crippen LogP contribution in [-0.2, 0) is 13.1 Å². The zero-order valence-electron chi connectivity index (χ0n) is 12.1. The van der Waals surface area contributed by atoms with Crippen LogP contribution in [-0.4, -0.2) is 16.3 Å². The predicted molar refractivity (Wildman–Crippen MR) is 82.9 cm³/mol. The lowest BCUT2D eigenvalue weighted by atomic mass is 10.1. The molecule has 0 amide bonds. The number of nitrogens with one attached hydrogen (secondary N) is 1. The summed E-state index contributed by atoms with van der Waals surface area (Å²) >= 11 is 0. The van der Waals surface area contributed by atoms with Crippen molar-refractivity contribution in [2.45, 2.75) is 20.0 Å². The average molecular weight is 281 g/mol. The van der Waals surface area contributed by atoms with E-state index in [-0.39, 0.29) is 0 Å². The number of hydrogen-bond acceptors (Lipinski definition) is 3. The normalized spacial score (nSPS) is 10.9. The van der Waals surface area contributed by atoms with Crippen LogP contribution in [0.2, 0.25) is 0 Å². The summed E-state index contributed by atoms with van der Waals surface area (Å²) in [4.78, 5) is 0. The maximum Gasteiger partial charge on any atom is 0.122 e. The van der Waals surface area contributed by atoms with Crippen LogP contribution in [0.4, 0.5) is 0 Å². The van der Waals surface area contributed by atoms with Gasteiger partial charge in [-0.25, -0.2) is 0 Å². The van der Waals surface area contributed by atoms with Crippen molar-refractivity contribution in [3.63, 3.8) is 0 Å². The van der Waals surface area contributed by atoms with Crippen LogP contribution in [0, 0.1) is 0 Å². The van der Waals surface area contributed by atoms with Gasteiger partial charge in [0, 0.05) is 17.3 Å². The molecule has 0 spiro atoms. The lowest BCUT2D eigenvalue weighted by Crippen LogP contribution is -2.13. The Morgan fingerprint density at radius 1 is 1.14 bits per heavy atom. The van der Waals surface area contributed by atoms with Crippen molar-refractivity contribution >= 4 is 0 Å². The van der Waals surface area contributed by atoms with Gasteiger partial charge in [0.05, 0.1) is 25.5 Å². The third-order valence-electron chi connectivity index (χ3n) is 3.45. The van der Waals surface area contributed by atoms with E-state index in [2.05, 4.69) is 35.7 Å². The zero-order chi connectivity index (χ0) is 14.5. The number of rotatable bonds is 6. The summed E-state index contributed by atoms with van der Waals surface area (Å²) in [5, 5.41) is 7.73. The molecule has 3 rings (SSSR count). The molecule has 1 aromatic carbocycles. The van der Waals surface area contributed by atoms with Crippen LogP contribution in [0.3, 0.4) is 0 Å². The average Bonchev–Trinajstić information content (AvgIpc) is 3.16. The Balaban J connectivity index is 1.74. The van der Waals surface area contributed by atoms with Gasteiger partial charge in [0.25, 0.3) is 0 Å². The van der Waals surface area contributed by atoms with Crippen LogP contribution in [0.25, 0.3) is 11.1 Å². The maximum absolute atomic E-state index is 5.53. The third-order valence-corrected chi connectivity index (χ3v) is 3.45. The van der Waals surface area contributed by atoms with Crippen molar-refractivity contribution in [1.82, 2.24) is 15.1 Å². The molecule has 4 heteroatoms. The molecular weight excluding hydrogens is 262 g/mol. The predicted octanol–water partition coefficient (Wildman–Crippen LogP) is 3.30. The Labute approximate surface area is 124 Å². The first-order valence-electron chi connectivity index (χ1n) is 7.20. The fourth-order valence-electron chi connectivity index (χ4n) is 2.31.